The summed E-state index contributed by atoms with van der Waals surface area (Å²) in [4.78, 5) is 20.7. The summed E-state index contributed by atoms with van der Waals surface area (Å²) in [6.07, 6.45) is 3.58. The maximum Gasteiger partial charge on any atom is 0.227 e. The van der Waals surface area contributed by atoms with Gasteiger partial charge in [0.25, 0.3) is 0 Å². The normalized spacial score (nSPS) is 18.6. The van der Waals surface area contributed by atoms with Crippen molar-refractivity contribution in [2.45, 2.75) is 12.8 Å². The van der Waals surface area contributed by atoms with E-state index in [2.05, 4.69) is 9.88 Å². The van der Waals surface area contributed by atoms with Crippen molar-refractivity contribution in [3.05, 3.63) is 23.4 Å². The Hall–Kier alpha value is -1.33. The van der Waals surface area contributed by atoms with E-state index in [1.54, 1.807) is 18.2 Å². The van der Waals surface area contributed by atoms with Gasteiger partial charge in [0, 0.05) is 40.0 Å². The molecule has 0 N–H and O–H groups in total. The number of hydrogen-bond donors (Lipinski definition) is 0. The predicted molar refractivity (Wildman–Crippen MR) is 83.7 cm³/mol. The molecule has 21 heavy (non-hydrogen) atoms. The number of pyridine rings is 1. The Balaban J connectivity index is 1.97. The van der Waals surface area contributed by atoms with Crippen LogP contribution in [0, 0.1) is 5.92 Å². The molecule has 0 aromatic carbocycles. The second kappa shape index (κ2) is 7.61. The lowest BCUT2D eigenvalue weighted by Crippen LogP contribution is -2.44. The van der Waals surface area contributed by atoms with E-state index in [1.165, 1.54) is 0 Å². The molecule has 1 amide bonds. The Morgan fingerprint density at radius 2 is 2.38 bits per heavy atom. The van der Waals surface area contributed by atoms with Crippen LogP contribution in [0.4, 0.5) is 5.82 Å². The molecular weight excluding hydrogens is 290 g/mol. The van der Waals surface area contributed by atoms with E-state index in [4.69, 9.17) is 16.3 Å². The van der Waals surface area contributed by atoms with E-state index >= 15 is 0 Å². The van der Waals surface area contributed by atoms with E-state index in [-0.39, 0.29) is 11.8 Å². The number of amides is 1. The van der Waals surface area contributed by atoms with Crippen LogP contribution in [0.3, 0.4) is 0 Å². The Kier molecular flexibility index (Phi) is 5.82. The molecule has 6 heteroatoms. The van der Waals surface area contributed by atoms with Gasteiger partial charge in [0.2, 0.25) is 5.91 Å². The van der Waals surface area contributed by atoms with Crippen LogP contribution in [-0.2, 0) is 9.53 Å². The van der Waals surface area contributed by atoms with Crippen LogP contribution in [0.2, 0.25) is 5.02 Å². The smallest absolute Gasteiger partial charge is 0.227 e. The third-order valence-electron chi connectivity index (χ3n) is 3.81. The van der Waals surface area contributed by atoms with Crippen molar-refractivity contribution >= 4 is 23.3 Å². The average molecular weight is 312 g/mol. The van der Waals surface area contributed by atoms with Crippen molar-refractivity contribution in [1.29, 1.82) is 0 Å². The topological polar surface area (TPSA) is 45.7 Å². The number of piperidine rings is 1. The summed E-state index contributed by atoms with van der Waals surface area (Å²) in [5.74, 6) is 1.10. The fraction of sp³-hybridized carbons (Fsp3) is 0.600. The highest BCUT2D eigenvalue weighted by Crippen LogP contribution is 2.23. The van der Waals surface area contributed by atoms with Crippen molar-refractivity contribution in [2.75, 3.05) is 45.3 Å². The van der Waals surface area contributed by atoms with E-state index in [0.717, 1.165) is 25.2 Å². The minimum absolute atomic E-state index is 0.0260. The summed E-state index contributed by atoms with van der Waals surface area (Å²) in [6, 6.07) is 3.74. The molecule has 1 atom stereocenters. The number of methoxy groups -OCH3 is 1. The van der Waals surface area contributed by atoms with Gasteiger partial charge in [0.05, 0.1) is 17.5 Å². The molecule has 2 rings (SSSR count). The highest BCUT2D eigenvalue weighted by molar-refractivity contribution is 6.30. The van der Waals surface area contributed by atoms with Crippen molar-refractivity contribution < 1.29 is 9.53 Å². The molecule has 0 aliphatic carbocycles. The molecule has 1 aliphatic heterocycles. The monoisotopic (exact) mass is 311 g/mol. The molecule has 1 fully saturated rings. The van der Waals surface area contributed by atoms with E-state index in [0.29, 0.717) is 24.7 Å². The van der Waals surface area contributed by atoms with Crippen LogP contribution < -0.4 is 4.90 Å². The molecule has 2 heterocycles. The molecule has 1 saturated heterocycles. The number of carbonyl (C=O) groups is 1. The third kappa shape index (κ3) is 4.32. The Labute approximate surface area is 130 Å². The van der Waals surface area contributed by atoms with E-state index in [9.17, 15) is 4.79 Å². The van der Waals surface area contributed by atoms with Crippen molar-refractivity contribution in [1.82, 2.24) is 9.88 Å². The minimum Gasteiger partial charge on any atom is -0.383 e. The number of ether oxygens (including phenoxy) is 1. The zero-order valence-corrected chi connectivity index (χ0v) is 13.3. The van der Waals surface area contributed by atoms with Gasteiger partial charge in [-0.1, -0.05) is 11.6 Å². The summed E-state index contributed by atoms with van der Waals surface area (Å²) < 4.78 is 5.02. The Bertz CT molecular complexity index is 466. The lowest BCUT2D eigenvalue weighted by atomic mass is 9.96. The molecule has 0 spiro atoms. The maximum atomic E-state index is 12.4. The van der Waals surface area contributed by atoms with Gasteiger partial charge in [-0.15, -0.1) is 0 Å². The first-order valence-electron chi connectivity index (χ1n) is 7.22. The van der Waals surface area contributed by atoms with Gasteiger partial charge in [-0.05, 0) is 25.0 Å². The number of anilines is 1. The molecule has 0 bridgehead atoms. The van der Waals surface area contributed by atoms with Gasteiger partial charge >= 0.3 is 0 Å². The number of carbonyl (C=O) groups excluding carboxylic acids is 1. The Morgan fingerprint density at radius 1 is 1.57 bits per heavy atom. The molecule has 5 nitrogen and oxygen atoms in total. The van der Waals surface area contributed by atoms with E-state index < -0.39 is 0 Å². The minimum atomic E-state index is 0.0260. The fourth-order valence-electron chi connectivity index (χ4n) is 2.59. The van der Waals surface area contributed by atoms with Gasteiger partial charge in [0.1, 0.15) is 5.82 Å². The molecule has 116 valence electrons. The molecule has 0 saturated carbocycles. The summed E-state index contributed by atoms with van der Waals surface area (Å²) >= 11 is 5.87. The van der Waals surface area contributed by atoms with Crippen LogP contribution in [0.15, 0.2) is 18.3 Å². The predicted octanol–water partition coefficient (Wildman–Crippen LogP) is 2.06. The SMILES string of the molecule is COCCN(C)C(=O)[C@@H]1CCCN(c2ccc(Cl)cn2)C1. The summed E-state index contributed by atoms with van der Waals surface area (Å²) in [6.45, 7) is 2.84. The Morgan fingerprint density at radius 3 is 3.05 bits per heavy atom. The molecular formula is C15H22ClN3O2. The second-order valence-electron chi connectivity index (χ2n) is 5.37. The highest BCUT2D eigenvalue weighted by Gasteiger charge is 2.28. The molecule has 1 aromatic heterocycles. The summed E-state index contributed by atoms with van der Waals surface area (Å²) in [7, 11) is 3.48. The van der Waals surface area contributed by atoms with Crippen molar-refractivity contribution in [2.24, 2.45) is 5.92 Å². The van der Waals surface area contributed by atoms with Gasteiger partial charge < -0.3 is 14.5 Å². The van der Waals surface area contributed by atoms with Crippen LogP contribution in [0.25, 0.3) is 0 Å². The van der Waals surface area contributed by atoms with Crippen LogP contribution in [0.1, 0.15) is 12.8 Å². The maximum absolute atomic E-state index is 12.4. The molecule has 0 radical (unpaired) electrons. The standard InChI is InChI=1S/C15H22ClN3O2/c1-18(8-9-21-2)15(20)12-4-3-7-19(11-12)14-6-5-13(16)10-17-14/h5-6,10,12H,3-4,7-9,11H2,1-2H3/t12-/m1/s1. The first-order valence-corrected chi connectivity index (χ1v) is 7.60. The zero-order valence-electron chi connectivity index (χ0n) is 12.6. The quantitative estimate of drug-likeness (QED) is 0.835. The lowest BCUT2D eigenvalue weighted by Gasteiger charge is -2.34. The largest absolute Gasteiger partial charge is 0.383 e. The number of nitrogens with zero attached hydrogens (tertiary/aromatic N) is 3. The number of halogens is 1. The van der Waals surface area contributed by atoms with Crippen molar-refractivity contribution in [3.63, 3.8) is 0 Å². The lowest BCUT2D eigenvalue weighted by molar-refractivity contribution is -0.135. The molecule has 1 aromatic rings. The van der Waals surface area contributed by atoms with Crippen LogP contribution in [0.5, 0.6) is 0 Å². The van der Waals surface area contributed by atoms with Crippen LogP contribution >= 0.6 is 11.6 Å². The van der Waals surface area contributed by atoms with E-state index in [1.807, 2.05) is 19.2 Å². The zero-order chi connectivity index (χ0) is 15.2. The average Bonchev–Trinajstić information content (AvgIpc) is 2.52. The first-order chi connectivity index (χ1) is 10.1. The summed E-state index contributed by atoms with van der Waals surface area (Å²) in [5, 5.41) is 0.627. The first kappa shape index (κ1) is 16.0. The number of rotatable bonds is 5. The number of likely N-dealkylation sites (N-methyl/N-ethyl adjacent to an activating group) is 1. The fourth-order valence-corrected chi connectivity index (χ4v) is 2.70. The van der Waals surface area contributed by atoms with Gasteiger partial charge in [-0.3, -0.25) is 4.79 Å². The van der Waals surface area contributed by atoms with Gasteiger partial charge in [-0.2, -0.15) is 0 Å². The number of hydrogen-bond acceptors (Lipinski definition) is 4. The van der Waals surface area contributed by atoms with Crippen molar-refractivity contribution in [3.8, 4) is 0 Å². The number of aromatic nitrogens is 1. The van der Waals surface area contributed by atoms with Gasteiger partial charge in [-0.25, -0.2) is 4.98 Å². The molecule has 1 aliphatic rings. The van der Waals surface area contributed by atoms with Gasteiger partial charge in [0.15, 0.2) is 0 Å². The van der Waals surface area contributed by atoms with Crippen LogP contribution in [-0.4, -0.2) is 56.2 Å². The highest BCUT2D eigenvalue weighted by atomic mass is 35.5. The molecule has 0 unspecified atom stereocenters. The second-order valence-corrected chi connectivity index (χ2v) is 5.81. The third-order valence-corrected chi connectivity index (χ3v) is 4.04. The summed E-state index contributed by atoms with van der Waals surface area (Å²) in [5.41, 5.74) is 0.